The van der Waals surface area contributed by atoms with Gasteiger partial charge < -0.3 is 9.73 Å². The summed E-state index contributed by atoms with van der Waals surface area (Å²) in [6.45, 7) is 2.09. The Morgan fingerprint density at radius 2 is 1.71 bits per heavy atom. The molecule has 0 aliphatic heterocycles. The molecule has 3 rings (SSSR count). The summed E-state index contributed by atoms with van der Waals surface area (Å²) in [5.41, 5.74) is 3.12. The zero-order valence-electron chi connectivity index (χ0n) is 13.5. The molecule has 0 saturated heterocycles. The molecule has 3 aromatic rings. The van der Waals surface area contributed by atoms with Crippen molar-refractivity contribution < 1.29 is 9.21 Å². The van der Waals surface area contributed by atoms with Crippen LogP contribution in [0.2, 0.25) is 0 Å². The maximum absolute atomic E-state index is 12.1. The van der Waals surface area contributed by atoms with Crippen molar-refractivity contribution >= 4 is 11.6 Å². The topological polar surface area (TPSA) is 68.0 Å². The molecule has 122 valence electrons. The number of rotatable bonds is 6. The third kappa shape index (κ3) is 4.07. The molecule has 0 bridgehead atoms. The van der Waals surface area contributed by atoms with E-state index in [-0.39, 0.29) is 5.89 Å². The minimum absolute atomic E-state index is 0.0161. The largest absolute Gasteiger partial charge is 0.417 e. The highest BCUT2D eigenvalue weighted by atomic mass is 16.4. The van der Waals surface area contributed by atoms with E-state index in [1.54, 1.807) is 0 Å². The molecule has 5 nitrogen and oxygen atoms in total. The Kier molecular flexibility index (Phi) is 5.01. The van der Waals surface area contributed by atoms with Crippen LogP contribution in [0.15, 0.2) is 59.0 Å². The van der Waals surface area contributed by atoms with E-state index in [9.17, 15) is 4.79 Å². The lowest BCUT2D eigenvalue weighted by atomic mass is 10.1. The maximum atomic E-state index is 12.1. The van der Waals surface area contributed by atoms with Gasteiger partial charge in [0.15, 0.2) is 0 Å². The van der Waals surface area contributed by atoms with E-state index in [0.717, 1.165) is 12.8 Å². The molecule has 0 saturated carbocycles. The second kappa shape index (κ2) is 7.55. The van der Waals surface area contributed by atoms with Gasteiger partial charge in [-0.2, -0.15) is 0 Å². The summed E-state index contributed by atoms with van der Waals surface area (Å²) in [7, 11) is 0. The fourth-order valence-corrected chi connectivity index (χ4v) is 2.35. The van der Waals surface area contributed by atoms with Gasteiger partial charge in [-0.3, -0.25) is 4.79 Å². The van der Waals surface area contributed by atoms with E-state index in [1.165, 1.54) is 11.1 Å². The monoisotopic (exact) mass is 321 g/mol. The molecule has 0 unspecified atom stereocenters. The Morgan fingerprint density at radius 1 is 0.958 bits per heavy atom. The number of carbonyl (C=O) groups is 1. The van der Waals surface area contributed by atoms with E-state index in [1.807, 2.05) is 54.6 Å². The second-order valence-corrected chi connectivity index (χ2v) is 5.49. The van der Waals surface area contributed by atoms with Crippen LogP contribution in [0.4, 0.5) is 5.69 Å². The van der Waals surface area contributed by atoms with E-state index in [4.69, 9.17) is 4.42 Å². The zero-order chi connectivity index (χ0) is 16.8. The summed E-state index contributed by atoms with van der Waals surface area (Å²) >= 11 is 0. The van der Waals surface area contributed by atoms with E-state index in [2.05, 4.69) is 22.4 Å². The standard InChI is InChI=1S/C19H19N3O2/c1-2-14-8-11-16(12-9-14)20-18(23)19-22-21-17(24-19)13-10-15-6-4-3-5-7-15/h3-9,11-12H,2,10,13H2,1H3,(H,20,23). The fraction of sp³-hybridized carbons (Fsp3) is 0.211. The molecule has 1 heterocycles. The van der Waals surface area contributed by atoms with Crippen molar-refractivity contribution in [1.29, 1.82) is 0 Å². The Morgan fingerprint density at radius 3 is 2.42 bits per heavy atom. The average Bonchev–Trinajstić information content (AvgIpc) is 3.11. The summed E-state index contributed by atoms with van der Waals surface area (Å²) in [6, 6.07) is 17.7. The van der Waals surface area contributed by atoms with Crippen LogP contribution in [0.25, 0.3) is 0 Å². The third-order valence-corrected chi connectivity index (χ3v) is 3.75. The molecular formula is C19H19N3O2. The number of nitrogens with one attached hydrogen (secondary N) is 1. The lowest BCUT2D eigenvalue weighted by Gasteiger charge is -2.03. The minimum atomic E-state index is -0.391. The maximum Gasteiger partial charge on any atom is 0.313 e. The fourth-order valence-electron chi connectivity index (χ4n) is 2.35. The van der Waals surface area contributed by atoms with Crippen LogP contribution in [-0.4, -0.2) is 16.1 Å². The number of hydrogen-bond donors (Lipinski definition) is 1. The van der Waals surface area contributed by atoms with Gasteiger partial charge in [0.25, 0.3) is 0 Å². The molecule has 2 aromatic carbocycles. The van der Waals surface area contributed by atoms with Crippen molar-refractivity contribution in [3.63, 3.8) is 0 Å². The van der Waals surface area contributed by atoms with E-state index in [0.29, 0.717) is 18.0 Å². The Hall–Kier alpha value is -2.95. The number of hydrogen-bond acceptors (Lipinski definition) is 4. The van der Waals surface area contributed by atoms with Crippen LogP contribution >= 0.6 is 0 Å². The Balaban J connectivity index is 1.58. The van der Waals surface area contributed by atoms with E-state index < -0.39 is 5.91 Å². The second-order valence-electron chi connectivity index (χ2n) is 5.49. The molecule has 0 aliphatic carbocycles. The average molecular weight is 321 g/mol. The molecule has 5 heteroatoms. The van der Waals surface area contributed by atoms with Gasteiger partial charge in [0.2, 0.25) is 5.89 Å². The van der Waals surface area contributed by atoms with Crippen molar-refractivity contribution in [2.45, 2.75) is 26.2 Å². The van der Waals surface area contributed by atoms with Gasteiger partial charge in [-0.1, -0.05) is 49.4 Å². The zero-order valence-corrected chi connectivity index (χ0v) is 13.5. The molecular weight excluding hydrogens is 302 g/mol. The number of amides is 1. The summed E-state index contributed by atoms with van der Waals surface area (Å²) in [6.07, 6.45) is 2.36. The van der Waals surface area contributed by atoms with Crippen molar-refractivity contribution in [3.05, 3.63) is 77.5 Å². The predicted molar refractivity (Wildman–Crippen MR) is 91.9 cm³/mol. The normalized spacial score (nSPS) is 10.5. The number of aryl methyl sites for hydroxylation is 3. The summed E-state index contributed by atoms with van der Waals surface area (Å²) in [4.78, 5) is 12.1. The van der Waals surface area contributed by atoms with Crippen LogP contribution in [0.5, 0.6) is 0 Å². The highest BCUT2D eigenvalue weighted by Gasteiger charge is 2.15. The quantitative estimate of drug-likeness (QED) is 0.752. The van der Waals surface area contributed by atoms with Gasteiger partial charge in [-0.05, 0) is 36.1 Å². The first-order chi connectivity index (χ1) is 11.7. The minimum Gasteiger partial charge on any atom is -0.417 e. The first-order valence-electron chi connectivity index (χ1n) is 8.01. The van der Waals surface area contributed by atoms with Gasteiger partial charge in [0, 0.05) is 12.1 Å². The van der Waals surface area contributed by atoms with Crippen LogP contribution in [0.3, 0.4) is 0 Å². The molecule has 1 N–H and O–H groups in total. The smallest absolute Gasteiger partial charge is 0.313 e. The number of benzene rings is 2. The first kappa shape index (κ1) is 15.9. The molecule has 0 spiro atoms. The van der Waals surface area contributed by atoms with Gasteiger partial charge >= 0.3 is 11.8 Å². The van der Waals surface area contributed by atoms with Gasteiger partial charge in [0.05, 0.1) is 0 Å². The summed E-state index contributed by atoms with van der Waals surface area (Å²) in [5, 5.41) is 10.5. The van der Waals surface area contributed by atoms with Gasteiger partial charge in [0.1, 0.15) is 0 Å². The number of anilines is 1. The number of aromatic nitrogens is 2. The molecule has 0 fully saturated rings. The Labute approximate surface area is 140 Å². The molecule has 24 heavy (non-hydrogen) atoms. The third-order valence-electron chi connectivity index (χ3n) is 3.75. The van der Waals surface area contributed by atoms with Crippen molar-refractivity contribution in [3.8, 4) is 0 Å². The highest BCUT2D eigenvalue weighted by molar-refractivity contribution is 6.00. The number of carbonyl (C=O) groups excluding carboxylic acids is 1. The van der Waals surface area contributed by atoms with Crippen LogP contribution in [-0.2, 0) is 19.3 Å². The van der Waals surface area contributed by atoms with Crippen molar-refractivity contribution in [1.82, 2.24) is 10.2 Å². The summed E-state index contributed by atoms with van der Waals surface area (Å²) < 4.78 is 5.45. The van der Waals surface area contributed by atoms with E-state index >= 15 is 0 Å². The predicted octanol–water partition coefficient (Wildman–Crippen LogP) is 3.67. The molecule has 0 radical (unpaired) electrons. The molecule has 0 aliphatic rings. The van der Waals surface area contributed by atoms with Crippen LogP contribution in [0.1, 0.15) is 34.6 Å². The first-order valence-corrected chi connectivity index (χ1v) is 8.01. The molecule has 1 amide bonds. The SMILES string of the molecule is CCc1ccc(NC(=O)c2nnc(CCc3ccccc3)o2)cc1. The lowest BCUT2D eigenvalue weighted by molar-refractivity contribution is 0.0988. The molecule has 0 atom stereocenters. The summed E-state index contributed by atoms with van der Waals surface area (Å²) in [5.74, 6) is 0.0562. The van der Waals surface area contributed by atoms with Crippen LogP contribution < -0.4 is 5.32 Å². The van der Waals surface area contributed by atoms with Gasteiger partial charge in [-0.15, -0.1) is 10.2 Å². The lowest BCUT2D eigenvalue weighted by Crippen LogP contribution is -2.12. The van der Waals surface area contributed by atoms with Crippen LogP contribution in [0, 0.1) is 0 Å². The van der Waals surface area contributed by atoms with Crippen molar-refractivity contribution in [2.24, 2.45) is 0 Å². The Bertz CT molecular complexity index is 795. The number of nitrogens with zero attached hydrogens (tertiary/aromatic N) is 2. The molecule has 1 aromatic heterocycles. The van der Waals surface area contributed by atoms with Gasteiger partial charge in [-0.25, -0.2) is 0 Å². The highest BCUT2D eigenvalue weighted by Crippen LogP contribution is 2.12. The van der Waals surface area contributed by atoms with Crippen molar-refractivity contribution in [2.75, 3.05) is 5.32 Å².